The molecule has 2 aliphatic heterocycles. The molecular formula is C20H24FN5O2. The monoisotopic (exact) mass is 385 g/mol. The van der Waals surface area contributed by atoms with Crippen molar-refractivity contribution in [2.24, 2.45) is 0 Å². The van der Waals surface area contributed by atoms with Crippen LogP contribution in [0.4, 0.5) is 14.9 Å². The Morgan fingerprint density at radius 2 is 1.86 bits per heavy atom. The van der Waals surface area contributed by atoms with Crippen molar-refractivity contribution in [2.45, 2.75) is 45.7 Å². The SMILES string of the molecule is CC(C)(C)NC(=O)c1ncn2c1CN(C(=O)N1CCCC1)c1cc(F)ccc1-2. The van der Waals surface area contributed by atoms with E-state index >= 15 is 0 Å². The third kappa shape index (κ3) is 3.23. The number of urea groups is 1. The summed E-state index contributed by atoms with van der Waals surface area (Å²) >= 11 is 0. The molecule has 0 bridgehead atoms. The first-order valence-corrected chi connectivity index (χ1v) is 9.50. The molecule has 0 aliphatic carbocycles. The van der Waals surface area contributed by atoms with Gasteiger partial charge in [-0.05, 0) is 51.8 Å². The predicted molar refractivity (Wildman–Crippen MR) is 103 cm³/mol. The highest BCUT2D eigenvalue weighted by Crippen LogP contribution is 2.35. The molecule has 0 atom stereocenters. The molecule has 0 radical (unpaired) electrons. The molecule has 0 unspecified atom stereocenters. The van der Waals surface area contributed by atoms with Gasteiger partial charge in [-0.3, -0.25) is 14.3 Å². The number of nitrogens with one attached hydrogen (secondary N) is 1. The highest BCUT2D eigenvalue weighted by molar-refractivity contribution is 5.98. The Labute approximate surface area is 163 Å². The van der Waals surface area contributed by atoms with Crippen molar-refractivity contribution in [3.63, 3.8) is 0 Å². The minimum Gasteiger partial charge on any atom is -0.346 e. The van der Waals surface area contributed by atoms with Crippen LogP contribution in [0.5, 0.6) is 0 Å². The second-order valence-corrected chi connectivity index (χ2v) is 8.31. The molecule has 2 aliphatic rings. The van der Waals surface area contributed by atoms with Crippen LogP contribution in [0.25, 0.3) is 5.69 Å². The molecule has 1 aromatic heterocycles. The van der Waals surface area contributed by atoms with Gasteiger partial charge in [0.25, 0.3) is 5.91 Å². The van der Waals surface area contributed by atoms with Crippen molar-refractivity contribution in [3.05, 3.63) is 41.7 Å². The Morgan fingerprint density at radius 1 is 1.14 bits per heavy atom. The van der Waals surface area contributed by atoms with Gasteiger partial charge in [0.1, 0.15) is 12.1 Å². The summed E-state index contributed by atoms with van der Waals surface area (Å²) in [6.45, 7) is 7.24. The molecule has 0 saturated carbocycles. The van der Waals surface area contributed by atoms with Gasteiger partial charge >= 0.3 is 6.03 Å². The fraction of sp³-hybridized carbons (Fsp3) is 0.450. The van der Waals surface area contributed by atoms with E-state index in [1.54, 1.807) is 26.8 Å². The standard InChI is InChI=1S/C20H24FN5O2/c1-20(2,3)23-18(27)17-16-11-25(19(28)24-8-4-5-9-24)15-10-13(21)6-7-14(15)26(16)12-22-17/h6-7,10,12H,4-5,8-9,11H2,1-3H3,(H,23,27). The molecule has 1 aromatic carbocycles. The van der Waals surface area contributed by atoms with Crippen LogP contribution in [-0.4, -0.2) is 45.0 Å². The Kier molecular flexibility index (Phi) is 4.36. The summed E-state index contributed by atoms with van der Waals surface area (Å²) in [5.41, 5.74) is 1.62. The van der Waals surface area contributed by atoms with Crippen LogP contribution in [0.2, 0.25) is 0 Å². The lowest BCUT2D eigenvalue weighted by molar-refractivity contribution is 0.0913. The third-order valence-corrected chi connectivity index (χ3v) is 4.97. The Bertz CT molecular complexity index is 941. The van der Waals surface area contributed by atoms with Gasteiger partial charge in [-0.15, -0.1) is 0 Å². The smallest absolute Gasteiger partial charge is 0.324 e. The van der Waals surface area contributed by atoms with E-state index in [4.69, 9.17) is 0 Å². The van der Waals surface area contributed by atoms with E-state index in [0.29, 0.717) is 30.2 Å². The van der Waals surface area contributed by atoms with Crippen molar-refractivity contribution >= 4 is 17.6 Å². The number of halogens is 1. The first kappa shape index (κ1) is 18.5. The molecule has 8 heteroatoms. The molecule has 1 fully saturated rings. The van der Waals surface area contributed by atoms with Gasteiger partial charge in [0.15, 0.2) is 5.69 Å². The number of carbonyl (C=O) groups is 2. The van der Waals surface area contributed by atoms with Crippen LogP contribution in [0, 0.1) is 5.82 Å². The third-order valence-electron chi connectivity index (χ3n) is 4.97. The number of imidazole rings is 1. The zero-order valence-electron chi connectivity index (χ0n) is 16.3. The molecular weight excluding hydrogens is 361 g/mol. The van der Waals surface area contributed by atoms with E-state index in [-0.39, 0.29) is 24.2 Å². The van der Waals surface area contributed by atoms with Gasteiger partial charge in [0, 0.05) is 18.6 Å². The van der Waals surface area contributed by atoms with Gasteiger partial charge in [-0.25, -0.2) is 14.2 Å². The van der Waals surface area contributed by atoms with Crippen molar-refractivity contribution in [1.82, 2.24) is 19.8 Å². The summed E-state index contributed by atoms with van der Waals surface area (Å²) in [6, 6.07) is 4.16. The number of nitrogens with zero attached hydrogens (tertiary/aromatic N) is 4. The van der Waals surface area contributed by atoms with Crippen LogP contribution in [-0.2, 0) is 6.54 Å². The molecule has 1 N–H and O–H groups in total. The van der Waals surface area contributed by atoms with Crippen molar-refractivity contribution in [3.8, 4) is 5.69 Å². The van der Waals surface area contributed by atoms with E-state index in [1.807, 2.05) is 20.8 Å². The van der Waals surface area contributed by atoms with E-state index in [0.717, 1.165) is 12.8 Å². The van der Waals surface area contributed by atoms with Gasteiger partial charge < -0.3 is 10.2 Å². The second-order valence-electron chi connectivity index (χ2n) is 8.31. The molecule has 148 valence electrons. The van der Waals surface area contributed by atoms with Gasteiger partial charge in [0.05, 0.1) is 23.6 Å². The first-order valence-electron chi connectivity index (χ1n) is 9.50. The molecule has 1 saturated heterocycles. The summed E-state index contributed by atoms with van der Waals surface area (Å²) in [5.74, 6) is -0.701. The topological polar surface area (TPSA) is 70.5 Å². The van der Waals surface area contributed by atoms with Crippen LogP contribution < -0.4 is 10.2 Å². The summed E-state index contributed by atoms with van der Waals surface area (Å²) < 4.78 is 15.7. The van der Waals surface area contributed by atoms with E-state index < -0.39 is 11.4 Å². The molecule has 4 rings (SSSR count). The molecule has 2 aromatic rings. The number of carbonyl (C=O) groups excluding carboxylic acids is 2. The number of benzene rings is 1. The van der Waals surface area contributed by atoms with Gasteiger partial charge in [-0.1, -0.05) is 0 Å². The Hall–Kier alpha value is -2.90. The first-order chi connectivity index (χ1) is 13.2. The number of aromatic nitrogens is 2. The second kappa shape index (κ2) is 6.61. The summed E-state index contributed by atoms with van der Waals surface area (Å²) in [4.78, 5) is 33.5. The number of anilines is 1. The lowest BCUT2D eigenvalue weighted by Gasteiger charge is -2.33. The Balaban J connectivity index is 1.77. The highest BCUT2D eigenvalue weighted by Gasteiger charge is 2.34. The maximum Gasteiger partial charge on any atom is 0.324 e. The number of fused-ring (bicyclic) bond motifs is 3. The normalized spacial score (nSPS) is 16.0. The molecule has 28 heavy (non-hydrogen) atoms. The van der Waals surface area contributed by atoms with E-state index in [2.05, 4.69) is 10.3 Å². The fourth-order valence-electron chi connectivity index (χ4n) is 3.72. The average Bonchev–Trinajstić information content (AvgIpc) is 3.28. The number of likely N-dealkylation sites (tertiary alicyclic amines) is 1. The van der Waals surface area contributed by atoms with E-state index in [9.17, 15) is 14.0 Å². The number of hydrogen-bond donors (Lipinski definition) is 1. The minimum atomic E-state index is -0.410. The van der Waals surface area contributed by atoms with Crippen LogP contribution in [0.1, 0.15) is 49.8 Å². The molecule has 3 amide bonds. The zero-order chi connectivity index (χ0) is 20.1. The Morgan fingerprint density at radius 3 is 2.54 bits per heavy atom. The molecule has 7 nitrogen and oxygen atoms in total. The number of hydrogen-bond acceptors (Lipinski definition) is 3. The van der Waals surface area contributed by atoms with Crippen molar-refractivity contribution < 1.29 is 14.0 Å². The quantitative estimate of drug-likeness (QED) is 0.820. The average molecular weight is 385 g/mol. The van der Waals surface area contributed by atoms with Crippen LogP contribution in [0.3, 0.4) is 0 Å². The largest absolute Gasteiger partial charge is 0.346 e. The predicted octanol–water partition coefficient (Wildman–Crippen LogP) is 3.08. The summed E-state index contributed by atoms with van der Waals surface area (Å²) in [5, 5.41) is 2.92. The van der Waals surface area contributed by atoms with Gasteiger partial charge in [0.2, 0.25) is 0 Å². The summed E-state index contributed by atoms with van der Waals surface area (Å²) in [6.07, 6.45) is 3.49. The van der Waals surface area contributed by atoms with E-state index in [1.165, 1.54) is 12.1 Å². The van der Waals surface area contributed by atoms with Crippen molar-refractivity contribution in [1.29, 1.82) is 0 Å². The number of amides is 3. The minimum absolute atomic E-state index is 0.165. The maximum atomic E-state index is 14.0. The maximum absolute atomic E-state index is 14.0. The zero-order valence-corrected chi connectivity index (χ0v) is 16.3. The van der Waals surface area contributed by atoms with Gasteiger partial charge in [-0.2, -0.15) is 0 Å². The lowest BCUT2D eigenvalue weighted by atomic mass is 10.1. The van der Waals surface area contributed by atoms with Crippen molar-refractivity contribution in [2.75, 3.05) is 18.0 Å². The fourth-order valence-corrected chi connectivity index (χ4v) is 3.72. The van der Waals surface area contributed by atoms with Crippen LogP contribution >= 0.6 is 0 Å². The van der Waals surface area contributed by atoms with Crippen LogP contribution in [0.15, 0.2) is 24.5 Å². The molecule has 0 spiro atoms. The lowest BCUT2D eigenvalue weighted by Crippen LogP contribution is -2.45. The summed E-state index contributed by atoms with van der Waals surface area (Å²) in [7, 11) is 0. The molecule has 3 heterocycles. The number of rotatable bonds is 1. The highest BCUT2D eigenvalue weighted by atomic mass is 19.1.